The number of hydrogen-bond donors (Lipinski definition) is 4. The fourth-order valence-electron chi connectivity index (χ4n) is 5.92. The van der Waals surface area contributed by atoms with Gasteiger partial charge in [0.15, 0.2) is 0 Å². The lowest BCUT2D eigenvalue weighted by molar-refractivity contribution is 0.103. The molecule has 280 valence electrons. The van der Waals surface area contributed by atoms with Crippen molar-refractivity contribution in [3.8, 4) is 23.0 Å². The molecule has 0 fully saturated rings. The van der Waals surface area contributed by atoms with Gasteiger partial charge >= 0.3 is 0 Å². The first-order chi connectivity index (χ1) is 23.9. The van der Waals surface area contributed by atoms with Crippen LogP contribution in [-0.2, 0) is 57.6 Å². The first-order valence-electron chi connectivity index (χ1n) is 17.9. The number of phenols is 4. The average molecular weight is 745 g/mol. The highest BCUT2D eigenvalue weighted by Gasteiger charge is 2.26. The monoisotopic (exact) mass is 744 g/mol. The second kappa shape index (κ2) is 14.5. The Morgan fingerprint density at radius 3 is 0.731 bits per heavy atom. The molecular weight excluding hydrogens is 689 g/mol. The Hall–Kier alpha value is -3.30. The van der Waals surface area contributed by atoms with Crippen molar-refractivity contribution >= 4 is 23.5 Å². The maximum atomic E-state index is 11.7. The number of ether oxygens (including phenoxy) is 2. The summed E-state index contributed by atoms with van der Waals surface area (Å²) >= 11 is 2.64. The maximum absolute atomic E-state index is 11.7. The summed E-state index contributed by atoms with van der Waals surface area (Å²) in [5.74, 6) is 0.383. The first-order valence-corrected chi connectivity index (χ1v) is 19.5. The number of phenolic OH excluding ortho intramolecular Hbond substituents is 4. The summed E-state index contributed by atoms with van der Waals surface area (Å²) in [6, 6.07) is 15.9. The molecule has 4 aromatic rings. The molecule has 0 aliphatic carbocycles. The van der Waals surface area contributed by atoms with E-state index in [4.69, 9.17) is 9.47 Å². The van der Waals surface area contributed by atoms with Crippen LogP contribution < -0.4 is 0 Å². The third-order valence-electron chi connectivity index (χ3n) is 9.55. The minimum Gasteiger partial charge on any atom is -0.506 e. The van der Waals surface area contributed by atoms with Gasteiger partial charge in [-0.05, 0) is 92.4 Å². The summed E-state index contributed by atoms with van der Waals surface area (Å²) in [5.41, 5.74) is 5.69. The highest BCUT2D eigenvalue weighted by atomic mass is 32.2. The highest BCUT2D eigenvalue weighted by molar-refractivity contribution is 7.99. The van der Waals surface area contributed by atoms with Crippen molar-refractivity contribution in [2.24, 2.45) is 0 Å². The van der Waals surface area contributed by atoms with Gasteiger partial charge in [-0.3, -0.25) is 0 Å². The summed E-state index contributed by atoms with van der Waals surface area (Å²) in [4.78, 5) is 2.45. The lowest BCUT2D eigenvalue weighted by Gasteiger charge is -2.25. The molecule has 0 unspecified atom stereocenters. The van der Waals surface area contributed by atoms with Crippen LogP contribution in [0.1, 0.15) is 128 Å². The van der Waals surface area contributed by atoms with E-state index in [1.165, 1.54) is 23.5 Å². The van der Waals surface area contributed by atoms with Crippen molar-refractivity contribution in [3.63, 3.8) is 0 Å². The van der Waals surface area contributed by atoms with Crippen LogP contribution in [-0.4, -0.2) is 20.4 Å². The lowest BCUT2D eigenvalue weighted by atomic mass is 9.86. The van der Waals surface area contributed by atoms with Crippen LogP contribution in [0.5, 0.6) is 23.0 Å². The fraction of sp³-hybridized carbons (Fsp3) is 0.455. The molecule has 0 spiro atoms. The lowest BCUT2D eigenvalue weighted by Crippen LogP contribution is -2.13. The van der Waals surface area contributed by atoms with E-state index in [2.05, 4.69) is 83.1 Å². The molecule has 0 atom stereocenters. The van der Waals surface area contributed by atoms with E-state index in [1.54, 1.807) is 0 Å². The highest BCUT2D eigenvalue weighted by Crippen LogP contribution is 2.48. The second-order valence-electron chi connectivity index (χ2n) is 18.1. The molecule has 0 saturated heterocycles. The van der Waals surface area contributed by atoms with E-state index in [0.717, 1.165) is 22.3 Å². The molecule has 1 aliphatic heterocycles. The minimum absolute atomic E-state index is 0.0956. The average Bonchev–Trinajstić information content (AvgIpc) is 3.01. The number of rotatable bonds is 0. The Kier molecular flexibility index (Phi) is 11.1. The zero-order valence-electron chi connectivity index (χ0n) is 32.9. The predicted molar refractivity (Wildman–Crippen MR) is 212 cm³/mol. The van der Waals surface area contributed by atoms with Gasteiger partial charge < -0.3 is 29.9 Å². The number of benzene rings is 4. The summed E-state index contributed by atoms with van der Waals surface area (Å²) in [6.45, 7) is 26.0. The standard InChI is InChI=1S/C44H56O6S2/c1-41(2,3)29-13-25-21-49-22-26-14-31(43(7,8)9)19-35(39(26)47)52-36-20-32(44(10,11)12)16-28(40(36)48)24-50-23-27-15-30(42(4,5)6)18-34(38(27)46)51-33(17-29)37(25)45/h13-20,45-48H,21-24H2,1-12H3. The van der Waals surface area contributed by atoms with E-state index >= 15 is 0 Å². The van der Waals surface area contributed by atoms with Gasteiger partial charge in [-0.15, -0.1) is 0 Å². The normalized spacial score (nSPS) is 15.0. The van der Waals surface area contributed by atoms with Gasteiger partial charge in [0.25, 0.3) is 0 Å². The molecule has 52 heavy (non-hydrogen) atoms. The topological polar surface area (TPSA) is 99.4 Å². The van der Waals surface area contributed by atoms with Crippen LogP contribution in [0, 0.1) is 0 Å². The van der Waals surface area contributed by atoms with Crippen LogP contribution in [0.15, 0.2) is 68.1 Å². The van der Waals surface area contributed by atoms with Gasteiger partial charge in [0.2, 0.25) is 0 Å². The van der Waals surface area contributed by atoms with Crippen LogP contribution in [0.4, 0.5) is 0 Å². The molecule has 4 aromatic carbocycles. The molecule has 0 amide bonds. The molecule has 0 saturated carbocycles. The first kappa shape index (κ1) is 39.9. The van der Waals surface area contributed by atoms with Crippen LogP contribution in [0.2, 0.25) is 0 Å². The van der Waals surface area contributed by atoms with Crippen molar-refractivity contribution < 1.29 is 29.9 Å². The Bertz CT molecular complexity index is 1690. The van der Waals surface area contributed by atoms with Gasteiger partial charge in [-0.1, -0.05) is 107 Å². The molecule has 6 nitrogen and oxygen atoms in total. The van der Waals surface area contributed by atoms with E-state index in [-0.39, 0.29) is 71.1 Å². The van der Waals surface area contributed by atoms with E-state index in [0.29, 0.717) is 41.8 Å². The van der Waals surface area contributed by atoms with Crippen molar-refractivity contribution in [1.29, 1.82) is 0 Å². The van der Waals surface area contributed by atoms with Gasteiger partial charge in [-0.2, -0.15) is 0 Å². The quantitative estimate of drug-likeness (QED) is 0.141. The Labute approximate surface area is 319 Å². The number of fused-ring (bicyclic) bond motifs is 8. The molecule has 0 aromatic heterocycles. The second-order valence-corrected chi connectivity index (χ2v) is 20.3. The number of aromatic hydroxyl groups is 4. The van der Waals surface area contributed by atoms with E-state index < -0.39 is 0 Å². The van der Waals surface area contributed by atoms with Crippen molar-refractivity contribution in [3.05, 3.63) is 93.0 Å². The Balaban J connectivity index is 1.72. The fourth-order valence-corrected chi connectivity index (χ4v) is 8.05. The zero-order chi connectivity index (χ0) is 38.6. The predicted octanol–water partition coefficient (Wildman–Crippen LogP) is 11.7. The molecule has 1 aliphatic rings. The summed E-state index contributed by atoms with van der Waals surface area (Å²) in [5, 5.41) is 46.8. The third kappa shape index (κ3) is 8.90. The van der Waals surface area contributed by atoms with Crippen LogP contribution in [0.25, 0.3) is 0 Å². The van der Waals surface area contributed by atoms with Gasteiger partial charge in [0.05, 0.1) is 46.0 Å². The third-order valence-corrected chi connectivity index (χ3v) is 11.7. The smallest absolute Gasteiger partial charge is 0.135 e. The van der Waals surface area contributed by atoms with Crippen LogP contribution in [0.3, 0.4) is 0 Å². The van der Waals surface area contributed by atoms with Crippen molar-refractivity contribution in [1.82, 2.24) is 0 Å². The zero-order valence-corrected chi connectivity index (χ0v) is 34.5. The van der Waals surface area contributed by atoms with E-state index in [1.807, 2.05) is 48.5 Å². The van der Waals surface area contributed by atoms with Crippen molar-refractivity contribution in [2.45, 2.75) is 151 Å². The molecule has 0 radical (unpaired) electrons. The molecule has 5 rings (SSSR count). The van der Waals surface area contributed by atoms with Gasteiger partial charge in [0.1, 0.15) is 23.0 Å². The summed E-state index contributed by atoms with van der Waals surface area (Å²) in [7, 11) is 0. The molecule has 4 N–H and O–H groups in total. The summed E-state index contributed by atoms with van der Waals surface area (Å²) < 4.78 is 12.6. The van der Waals surface area contributed by atoms with Crippen LogP contribution >= 0.6 is 23.5 Å². The number of hydrogen-bond acceptors (Lipinski definition) is 8. The van der Waals surface area contributed by atoms with E-state index in [9.17, 15) is 20.4 Å². The molecule has 8 heteroatoms. The van der Waals surface area contributed by atoms with Gasteiger partial charge in [-0.25, -0.2) is 0 Å². The Morgan fingerprint density at radius 1 is 0.365 bits per heavy atom. The minimum atomic E-state index is -0.223. The molecular formula is C44H56O6S2. The van der Waals surface area contributed by atoms with Crippen molar-refractivity contribution in [2.75, 3.05) is 0 Å². The Morgan fingerprint density at radius 2 is 0.558 bits per heavy atom. The molecule has 8 bridgehead atoms. The maximum Gasteiger partial charge on any atom is 0.135 e. The van der Waals surface area contributed by atoms with Gasteiger partial charge in [0, 0.05) is 22.3 Å². The molecule has 1 heterocycles. The largest absolute Gasteiger partial charge is 0.506 e. The summed E-state index contributed by atoms with van der Waals surface area (Å²) in [6.07, 6.45) is 0. The SMILES string of the molecule is CC(C)(C)c1cc2c(O)c(c1)Sc1cc(C(C)(C)C)cc(c1O)COCc1cc(C(C)(C)C)cc(c1O)Sc1cc(C(C)(C)C)cc(c1O)COC2.